The Hall–Kier alpha value is -1.33. The van der Waals surface area contributed by atoms with Gasteiger partial charge in [0.15, 0.2) is 9.84 Å². The van der Waals surface area contributed by atoms with Crippen LogP contribution in [0.25, 0.3) is 0 Å². The normalized spacial score (nSPS) is 20.9. The van der Waals surface area contributed by atoms with Crippen LogP contribution in [0.2, 0.25) is 5.02 Å². The molecular formula is C12H12ClNO3S. The first-order chi connectivity index (χ1) is 8.41. The number of hydrogen-bond donors (Lipinski definition) is 0. The first kappa shape index (κ1) is 13.1. The lowest BCUT2D eigenvalue weighted by Gasteiger charge is -2.27. The van der Waals surface area contributed by atoms with Crippen molar-refractivity contribution in [2.24, 2.45) is 0 Å². The minimum atomic E-state index is -3.21. The third-order valence-electron chi connectivity index (χ3n) is 2.69. The highest BCUT2D eigenvalue weighted by molar-refractivity contribution is 7.94. The Morgan fingerprint density at radius 3 is 2.56 bits per heavy atom. The molecule has 0 unspecified atom stereocenters. The van der Waals surface area contributed by atoms with Crippen molar-refractivity contribution >= 4 is 33.0 Å². The number of rotatable bonds is 2. The summed E-state index contributed by atoms with van der Waals surface area (Å²) >= 11 is 6.05. The monoisotopic (exact) mass is 285 g/mol. The van der Waals surface area contributed by atoms with Gasteiger partial charge in [-0.2, -0.15) is 0 Å². The molecule has 0 radical (unpaired) electrons. The first-order valence-electron chi connectivity index (χ1n) is 5.36. The maximum absolute atomic E-state index is 11.7. The average Bonchev–Trinajstić information content (AvgIpc) is 2.61. The van der Waals surface area contributed by atoms with Crippen molar-refractivity contribution in [3.05, 3.63) is 40.8 Å². The Morgan fingerprint density at radius 2 is 2.06 bits per heavy atom. The summed E-state index contributed by atoms with van der Waals surface area (Å²) < 4.78 is 22.9. The molecule has 0 spiro atoms. The van der Waals surface area contributed by atoms with Crippen LogP contribution in [0.1, 0.15) is 6.92 Å². The molecular weight excluding hydrogens is 274 g/mol. The van der Waals surface area contributed by atoms with Gasteiger partial charge in [-0.1, -0.05) is 23.7 Å². The molecule has 1 atom stereocenters. The summed E-state index contributed by atoms with van der Waals surface area (Å²) in [5.74, 6) is -0.340. The minimum Gasteiger partial charge on any atom is -0.303 e. The molecule has 0 saturated carbocycles. The van der Waals surface area contributed by atoms with E-state index in [0.717, 1.165) is 5.41 Å². The molecule has 6 heteroatoms. The average molecular weight is 286 g/mol. The van der Waals surface area contributed by atoms with Crippen molar-refractivity contribution < 1.29 is 13.2 Å². The zero-order valence-corrected chi connectivity index (χ0v) is 11.3. The molecule has 2 rings (SSSR count). The Kier molecular flexibility index (Phi) is 3.45. The Morgan fingerprint density at radius 1 is 1.39 bits per heavy atom. The fraction of sp³-hybridized carbons (Fsp3) is 0.250. The van der Waals surface area contributed by atoms with Gasteiger partial charge in [0.25, 0.3) is 0 Å². The number of carbonyl (C=O) groups is 1. The second-order valence-electron chi connectivity index (χ2n) is 4.07. The van der Waals surface area contributed by atoms with Gasteiger partial charge in [0.2, 0.25) is 5.91 Å². The molecule has 1 aliphatic heterocycles. The van der Waals surface area contributed by atoms with Crippen LogP contribution in [0, 0.1) is 0 Å². The molecule has 1 aromatic rings. The number of carbonyl (C=O) groups excluding carboxylic acids is 1. The summed E-state index contributed by atoms with van der Waals surface area (Å²) in [6.07, 6.45) is 1.51. The number of sulfone groups is 1. The van der Waals surface area contributed by atoms with Crippen LogP contribution in [0.3, 0.4) is 0 Å². The molecule has 0 aliphatic carbocycles. The van der Waals surface area contributed by atoms with Crippen LogP contribution in [-0.2, 0) is 14.6 Å². The zero-order chi connectivity index (χ0) is 13.3. The molecule has 0 N–H and O–H groups in total. The van der Waals surface area contributed by atoms with Gasteiger partial charge in [-0.3, -0.25) is 4.79 Å². The largest absolute Gasteiger partial charge is 0.303 e. The SMILES string of the molecule is CC(=O)N(c1ccccc1Cl)[C@@H]1C=CS(=O)(=O)C1. The smallest absolute Gasteiger partial charge is 0.224 e. The fourth-order valence-corrected chi connectivity index (χ4v) is 3.44. The number of nitrogens with zero attached hydrogens (tertiary/aromatic N) is 1. The summed E-state index contributed by atoms with van der Waals surface area (Å²) in [6.45, 7) is 1.39. The number of hydrogen-bond acceptors (Lipinski definition) is 3. The highest BCUT2D eigenvalue weighted by atomic mass is 35.5. The van der Waals surface area contributed by atoms with E-state index in [1.54, 1.807) is 24.3 Å². The fourth-order valence-electron chi connectivity index (χ4n) is 1.95. The predicted molar refractivity (Wildman–Crippen MR) is 71.3 cm³/mol. The number of benzene rings is 1. The van der Waals surface area contributed by atoms with Crippen molar-refractivity contribution in [2.45, 2.75) is 13.0 Å². The molecule has 0 aromatic heterocycles. The first-order valence-corrected chi connectivity index (χ1v) is 7.45. The summed E-state index contributed by atoms with van der Waals surface area (Å²) in [4.78, 5) is 13.1. The van der Waals surface area contributed by atoms with Gasteiger partial charge in [0.05, 0.1) is 22.5 Å². The van der Waals surface area contributed by atoms with Crippen molar-refractivity contribution in [1.82, 2.24) is 0 Å². The van der Waals surface area contributed by atoms with Crippen LogP contribution in [0.15, 0.2) is 35.7 Å². The standard InChI is InChI=1S/C12H12ClNO3S/c1-9(15)14(10-6-7-18(16,17)8-10)12-5-3-2-4-11(12)13/h2-7,10H,8H2,1H3/t10-/m1/s1. The number of anilines is 1. The lowest BCUT2D eigenvalue weighted by molar-refractivity contribution is -0.116. The van der Waals surface area contributed by atoms with E-state index in [1.165, 1.54) is 17.9 Å². The summed E-state index contributed by atoms with van der Waals surface area (Å²) in [5.41, 5.74) is 0.526. The highest BCUT2D eigenvalue weighted by Gasteiger charge is 2.30. The van der Waals surface area contributed by atoms with Crippen molar-refractivity contribution in [2.75, 3.05) is 10.7 Å². The molecule has 1 aromatic carbocycles. The van der Waals surface area contributed by atoms with E-state index in [-0.39, 0.29) is 11.7 Å². The van der Waals surface area contributed by atoms with Gasteiger partial charge in [0.1, 0.15) is 0 Å². The van der Waals surface area contributed by atoms with E-state index in [2.05, 4.69) is 0 Å². The van der Waals surface area contributed by atoms with Crippen molar-refractivity contribution in [1.29, 1.82) is 0 Å². The number of halogens is 1. The molecule has 0 bridgehead atoms. The molecule has 96 valence electrons. The summed E-state index contributed by atoms with van der Waals surface area (Å²) in [7, 11) is -3.21. The third kappa shape index (κ3) is 2.57. The van der Waals surface area contributed by atoms with Crippen LogP contribution in [0.4, 0.5) is 5.69 Å². The third-order valence-corrected chi connectivity index (χ3v) is 4.39. The van der Waals surface area contributed by atoms with Crippen molar-refractivity contribution in [3.8, 4) is 0 Å². The maximum atomic E-state index is 11.7. The lowest BCUT2D eigenvalue weighted by Crippen LogP contribution is -2.39. The van der Waals surface area contributed by atoms with Crippen LogP contribution in [-0.4, -0.2) is 26.1 Å². The summed E-state index contributed by atoms with van der Waals surface area (Å²) in [5, 5.41) is 1.56. The Labute approximate surface area is 111 Å². The van der Waals surface area contributed by atoms with E-state index in [4.69, 9.17) is 11.6 Å². The van der Waals surface area contributed by atoms with Gasteiger partial charge in [-0.25, -0.2) is 8.42 Å². The molecule has 4 nitrogen and oxygen atoms in total. The molecule has 1 amide bonds. The van der Waals surface area contributed by atoms with E-state index in [1.807, 2.05) is 0 Å². The van der Waals surface area contributed by atoms with Gasteiger partial charge < -0.3 is 4.90 Å². The van der Waals surface area contributed by atoms with E-state index < -0.39 is 15.9 Å². The van der Waals surface area contributed by atoms with Gasteiger partial charge in [0, 0.05) is 12.3 Å². The molecule has 0 fully saturated rings. The predicted octanol–water partition coefficient (Wildman–Crippen LogP) is 2.00. The van der Waals surface area contributed by atoms with Crippen LogP contribution in [0.5, 0.6) is 0 Å². The lowest BCUT2D eigenvalue weighted by atomic mass is 10.2. The van der Waals surface area contributed by atoms with Crippen LogP contribution < -0.4 is 4.90 Å². The van der Waals surface area contributed by atoms with Gasteiger partial charge in [-0.05, 0) is 18.2 Å². The van der Waals surface area contributed by atoms with Gasteiger partial charge in [-0.15, -0.1) is 0 Å². The second-order valence-corrected chi connectivity index (χ2v) is 6.40. The molecule has 1 heterocycles. The molecule has 0 saturated heterocycles. The molecule has 18 heavy (non-hydrogen) atoms. The maximum Gasteiger partial charge on any atom is 0.224 e. The Balaban J connectivity index is 2.40. The second kappa shape index (κ2) is 4.74. The van der Waals surface area contributed by atoms with E-state index >= 15 is 0 Å². The van der Waals surface area contributed by atoms with Gasteiger partial charge >= 0.3 is 0 Å². The molecule has 1 aliphatic rings. The highest BCUT2D eigenvalue weighted by Crippen LogP contribution is 2.29. The van der Waals surface area contributed by atoms with E-state index in [9.17, 15) is 13.2 Å². The van der Waals surface area contributed by atoms with E-state index in [0.29, 0.717) is 10.7 Å². The number of para-hydroxylation sites is 1. The Bertz CT molecular complexity index is 610. The van der Waals surface area contributed by atoms with Crippen molar-refractivity contribution in [3.63, 3.8) is 0 Å². The quantitative estimate of drug-likeness (QED) is 0.835. The van der Waals surface area contributed by atoms with Crippen LogP contribution >= 0.6 is 11.6 Å². The number of amides is 1. The minimum absolute atomic E-state index is 0.0994. The topological polar surface area (TPSA) is 54.5 Å². The zero-order valence-electron chi connectivity index (χ0n) is 9.71. The summed E-state index contributed by atoms with van der Waals surface area (Å²) in [6, 6.07) is 6.38.